The molecular weight excluding hydrogens is 413 g/mol. The summed E-state index contributed by atoms with van der Waals surface area (Å²) >= 11 is 0. The fourth-order valence-corrected chi connectivity index (χ4v) is 4.96. The van der Waals surface area contributed by atoms with E-state index in [-0.39, 0.29) is 24.9 Å². The van der Waals surface area contributed by atoms with E-state index in [2.05, 4.69) is 4.99 Å². The first kappa shape index (κ1) is 20.4. The predicted molar refractivity (Wildman–Crippen MR) is 114 cm³/mol. The summed E-state index contributed by atoms with van der Waals surface area (Å²) in [7, 11) is 1.29. The van der Waals surface area contributed by atoms with E-state index < -0.39 is 23.6 Å². The molecule has 3 aliphatic rings. The number of nitrogens with zero attached hydrogens (tertiary/aromatic N) is 1. The zero-order chi connectivity index (χ0) is 22.4. The smallest absolute Gasteiger partial charge is 0.315 e. The average molecular weight is 435 g/mol. The van der Waals surface area contributed by atoms with Gasteiger partial charge >= 0.3 is 5.97 Å². The third-order valence-corrected chi connectivity index (χ3v) is 6.45. The number of benzene rings is 2. The molecule has 0 bridgehead atoms. The number of Topliss-reactive ketones (excluding diaryl/α,β-unsaturated/α-hetero) is 1. The van der Waals surface area contributed by atoms with Gasteiger partial charge in [-0.25, -0.2) is 4.39 Å². The molecule has 0 saturated heterocycles. The van der Waals surface area contributed by atoms with Crippen molar-refractivity contribution in [3.8, 4) is 11.5 Å². The predicted octanol–water partition coefficient (Wildman–Crippen LogP) is 4.30. The summed E-state index contributed by atoms with van der Waals surface area (Å²) in [4.78, 5) is 30.8. The molecule has 2 aromatic rings. The van der Waals surface area contributed by atoms with E-state index in [0.29, 0.717) is 40.5 Å². The minimum Gasteiger partial charge on any atom is -0.468 e. The lowest BCUT2D eigenvalue weighted by Crippen LogP contribution is -2.38. The summed E-state index contributed by atoms with van der Waals surface area (Å²) in [5.41, 5.74) is 2.80. The van der Waals surface area contributed by atoms with Gasteiger partial charge in [-0.1, -0.05) is 24.3 Å². The topological polar surface area (TPSA) is 74.2 Å². The first-order valence-electron chi connectivity index (χ1n) is 10.5. The SMILES string of the molecule is COC(=O)C1C(C)=NC2=C(C(=O)C[C@H](c3ccc4c(c3)OCO4)C2)[C@@H]1c1ccccc1F. The second-order valence-electron chi connectivity index (χ2n) is 8.25. The number of halogens is 1. The number of ketones is 1. The number of allylic oxidation sites excluding steroid dienone is 2. The fourth-order valence-electron chi connectivity index (χ4n) is 4.96. The molecule has 1 aliphatic carbocycles. The molecule has 3 atom stereocenters. The maximum atomic E-state index is 14.8. The third kappa shape index (κ3) is 3.28. The minimum absolute atomic E-state index is 0.0942. The largest absolute Gasteiger partial charge is 0.468 e. The Hall–Kier alpha value is -3.48. The number of esters is 1. The van der Waals surface area contributed by atoms with Crippen molar-refractivity contribution >= 4 is 17.5 Å². The van der Waals surface area contributed by atoms with Crippen molar-refractivity contribution in [2.24, 2.45) is 10.9 Å². The van der Waals surface area contributed by atoms with Crippen LogP contribution in [-0.2, 0) is 14.3 Å². The lowest BCUT2D eigenvalue weighted by atomic mass is 9.69. The highest BCUT2D eigenvalue weighted by atomic mass is 19.1. The summed E-state index contributed by atoms with van der Waals surface area (Å²) in [6.07, 6.45) is 0.753. The van der Waals surface area contributed by atoms with Crippen LogP contribution in [0.5, 0.6) is 11.5 Å². The zero-order valence-corrected chi connectivity index (χ0v) is 17.8. The number of hydrogen-bond donors (Lipinski definition) is 0. The van der Waals surface area contributed by atoms with E-state index in [0.717, 1.165) is 5.56 Å². The van der Waals surface area contributed by atoms with Gasteiger partial charge < -0.3 is 14.2 Å². The van der Waals surface area contributed by atoms with Gasteiger partial charge in [0.1, 0.15) is 11.7 Å². The maximum absolute atomic E-state index is 14.8. The highest BCUT2D eigenvalue weighted by Gasteiger charge is 2.45. The summed E-state index contributed by atoms with van der Waals surface area (Å²) in [6, 6.07) is 11.9. The van der Waals surface area contributed by atoms with Crippen LogP contribution in [0.15, 0.2) is 58.7 Å². The van der Waals surface area contributed by atoms with Crippen molar-refractivity contribution < 1.29 is 28.2 Å². The van der Waals surface area contributed by atoms with Crippen LogP contribution in [0.4, 0.5) is 4.39 Å². The van der Waals surface area contributed by atoms with Crippen LogP contribution in [-0.4, -0.2) is 31.4 Å². The molecule has 0 aromatic heterocycles. The maximum Gasteiger partial charge on any atom is 0.315 e. The molecule has 5 rings (SSSR count). The molecule has 1 unspecified atom stereocenters. The Morgan fingerprint density at radius 1 is 1.12 bits per heavy atom. The van der Waals surface area contributed by atoms with E-state index in [9.17, 15) is 14.0 Å². The van der Waals surface area contributed by atoms with Crippen LogP contribution >= 0.6 is 0 Å². The minimum atomic E-state index is -0.846. The van der Waals surface area contributed by atoms with Crippen molar-refractivity contribution in [2.75, 3.05) is 13.9 Å². The molecule has 164 valence electrons. The molecule has 2 aromatic carbocycles. The van der Waals surface area contributed by atoms with Crippen LogP contribution in [0.1, 0.15) is 42.7 Å². The van der Waals surface area contributed by atoms with Gasteiger partial charge in [0.2, 0.25) is 6.79 Å². The number of hydrogen-bond acceptors (Lipinski definition) is 6. The average Bonchev–Trinajstić information content (AvgIpc) is 3.26. The molecule has 0 fully saturated rings. The molecule has 0 N–H and O–H groups in total. The Bertz CT molecular complexity index is 1180. The van der Waals surface area contributed by atoms with Crippen molar-refractivity contribution in [1.82, 2.24) is 0 Å². The lowest BCUT2D eigenvalue weighted by Gasteiger charge is -2.36. The normalized spacial score (nSPS) is 24.2. The van der Waals surface area contributed by atoms with Gasteiger partial charge in [-0.3, -0.25) is 14.6 Å². The monoisotopic (exact) mass is 435 g/mol. The molecule has 0 radical (unpaired) electrons. The van der Waals surface area contributed by atoms with E-state index in [4.69, 9.17) is 14.2 Å². The fraction of sp³-hybridized carbons (Fsp3) is 0.320. The van der Waals surface area contributed by atoms with Gasteiger partial charge in [0.25, 0.3) is 0 Å². The Morgan fingerprint density at radius 2 is 1.91 bits per heavy atom. The quantitative estimate of drug-likeness (QED) is 0.672. The van der Waals surface area contributed by atoms with E-state index >= 15 is 0 Å². The number of fused-ring (bicyclic) bond motifs is 1. The Balaban J connectivity index is 1.58. The van der Waals surface area contributed by atoms with Gasteiger partial charge in [0.15, 0.2) is 17.3 Å². The Kier molecular flexibility index (Phi) is 5.04. The summed E-state index contributed by atoms with van der Waals surface area (Å²) < 4.78 is 30.7. The van der Waals surface area contributed by atoms with Gasteiger partial charge in [0, 0.05) is 29.3 Å². The van der Waals surface area contributed by atoms with E-state index in [1.807, 2.05) is 18.2 Å². The number of aliphatic imine (C=N–C) groups is 1. The summed E-state index contributed by atoms with van der Waals surface area (Å²) in [5.74, 6) is -1.48. The molecule has 0 saturated carbocycles. The number of ether oxygens (including phenoxy) is 3. The summed E-state index contributed by atoms with van der Waals surface area (Å²) in [5, 5.41) is 0. The number of methoxy groups -OCH3 is 1. The molecule has 0 amide bonds. The van der Waals surface area contributed by atoms with Crippen LogP contribution in [0.25, 0.3) is 0 Å². The standard InChI is InChI=1S/C25H22FNO5/c1-13-22(25(29)30-2)23(16-5-3-4-6-17(16)26)24-18(27-13)9-15(10-19(24)28)14-7-8-20-21(11-14)32-12-31-20/h3-8,11,15,22-23H,9-10,12H2,1-2H3/t15-,22?,23-/m1/s1. The lowest BCUT2D eigenvalue weighted by molar-refractivity contribution is -0.143. The summed E-state index contributed by atoms with van der Waals surface area (Å²) in [6.45, 7) is 1.91. The Morgan fingerprint density at radius 3 is 2.69 bits per heavy atom. The van der Waals surface area contributed by atoms with Crippen LogP contribution in [0.3, 0.4) is 0 Å². The first-order valence-corrected chi connectivity index (χ1v) is 10.5. The number of rotatable bonds is 3. The van der Waals surface area contributed by atoms with Gasteiger partial charge in [0.05, 0.1) is 7.11 Å². The van der Waals surface area contributed by atoms with E-state index in [1.165, 1.54) is 13.2 Å². The molecular formula is C25H22FNO5. The second-order valence-corrected chi connectivity index (χ2v) is 8.25. The molecule has 0 spiro atoms. The first-order chi connectivity index (χ1) is 15.5. The number of carbonyl (C=O) groups excluding carboxylic acids is 2. The van der Waals surface area contributed by atoms with Crippen molar-refractivity contribution in [3.05, 3.63) is 70.7 Å². The van der Waals surface area contributed by atoms with Crippen LogP contribution in [0, 0.1) is 11.7 Å². The highest BCUT2D eigenvalue weighted by Crippen LogP contribution is 2.48. The van der Waals surface area contributed by atoms with Gasteiger partial charge in [-0.2, -0.15) is 0 Å². The third-order valence-electron chi connectivity index (χ3n) is 6.45. The van der Waals surface area contributed by atoms with Gasteiger partial charge in [-0.05, 0) is 48.6 Å². The number of carbonyl (C=O) groups is 2. The molecule has 32 heavy (non-hydrogen) atoms. The molecule has 2 aliphatic heterocycles. The van der Waals surface area contributed by atoms with Crippen LogP contribution in [0.2, 0.25) is 0 Å². The zero-order valence-electron chi connectivity index (χ0n) is 17.8. The highest BCUT2D eigenvalue weighted by molar-refractivity contribution is 6.09. The second kappa shape index (κ2) is 7.89. The molecule has 2 heterocycles. The molecule has 7 heteroatoms. The van der Waals surface area contributed by atoms with E-state index in [1.54, 1.807) is 25.1 Å². The van der Waals surface area contributed by atoms with Crippen LogP contribution < -0.4 is 9.47 Å². The van der Waals surface area contributed by atoms with Crippen molar-refractivity contribution in [3.63, 3.8) is 0 Å². The molecule has 6 nitrogen and oxygen atoms in total. The van der Waals surface area contributed by atoms with Crippen molar-refractivity contribution in [2.45, 2.75) is 31.6 Å². The van der Waals surface area contributed by atoms with Crippen molar-refractivity contribution in [1.29, 1.82) is 0 Å². The van der Waals surface area contributed by atoms with Gasteiger partial charge in [-0.15, -0.1) is 0 Å². The Labute approximate surface area is 184 Å².